The third-order valence-electron chi connectivity index (χ3n) is 14.8. The summed E-state index contributed by atoms with van der Waals surface area (Å²) in [7, 11) is 1.48. The maximum Gasteiger partial charge on any atom is 0.472 e. The van der Waals surface area contributed by atoms with Crippen LogP contribution in [0.2, 0.25) is 0 Å². The van der Waals surface area contributed by atoms with Crippen LogP contribution in [0.4, 0.5) is 0 Å². The van der Waals surface area contributed by atoms with E-state index in [0.717, 1.165) is 122 Å². The standard InChI is InChI=1S/C72H129N2O7P/c1-7-10-13-16-19-22-25-28-30-32-33-34-35-36-37-38-39-40-41-43-45-47-50-53-56-59-62-65-72(76)81-70(63-60-57-54-51-48-27-24-21-18-15-12-9-3)69(68-80-82(77,78)79-67-66-74(4,5)6)73-71(75)64-61-58-55-52-49-46-44-42-31-29-26-23-20-17-14-11-8-2/h10,13,19,22,28-31,33-34,36-37,39-40,60,63,69-70H,7-9,11-12,14-18,20-21,23-27,32,35,38,41-59,61-62,64-68H2,1-6H3,(H-,73,75,77,78)/p+1/b13-10-,22-19-,30-28-,31-29+,34-33-,37-36-,40-39-,63-60-. The topological polar surface area (TPSA) is 111 Å². The normalized spacial score (nSPS) is 14.2. The van der Waals surface area contributed by atoms with E-state index in [1.165, 1.54) is 141 Å². The first-order valence-corrected chi connectivity index (χ1v) is 35.6. The van der Waals surface area contributed by atoms with E-state index in [9.17, 15) is 19.0 Å². The summed E-state index contributed by atoms with van der Waals surface area (Å²) in [6.07, 6.45) is 82.6. The van der Waals surface area contributed by atoms with E-state index in [2.05, 4.69) is 111 Å². The maximum absolute atomic E-state index is 13.6. The minimum Gasteiger partial charge on any atom is -0.456 e. The summed E-state index contributed by atoms with van der Waals surface area (Å²) in [6.45, 7) is 6.90. The Labute approximate surface area is 507 Å². The van der Waals surface area contributed by atoms with Crippen LogP contribution in [-0.2, 0) is 27.9 Å². The highest BCUT2D eigenvalue weighted by atomic mass is 31.2. The number of carbonyl (C=O) groups excluding carboxylic acids is 2. The van der Waals surface area contributed by atoms with Crippen LogP contribution >= 0.6 is 7.82 Å². The molecule has 2 N–H and O–H groups in total. The number of carbonyl (C=O) groups is 2. The van der Waals surface area contributed by atoms with Gasteiger partial charge in [0.15, 0.2) is 0 Å². The first-order chi connectivity index (χ1) is 39.9. The van der Waals surface area contributed by atoms with Crippen LogP contribution in [0.25, 0.3) is 0 Å². The fourth-order valence-electron chi connectivity index (χ4n) is 9.53. The number of ether oxygens (including phenoxy) is 1. The van der Waals surface area contributed by atoms with Crippen molar-refractivity contribution in [2.24, 2.45) is 0 Å². The predicted octanol–water partition coefficient (Wildman–Crippen LogP) is 21.5. The molecule has 10 heteroatoms. The van der Waals surface area contributed by atoms with Crippen molar-refractivity contribution in [3.05, 3.63) is 97.2 Å². The van der Waals surface area contributed by atoms with Gasteiger partial charge in [-0.25, -0.2) is 4.57 Å². The van der Waals surface area contributed by atoms with Crippen LogP contribution in [-0.4, -0.2) is 74.3 Å². The number of nitrogens with one attached hydrogen (secondary N) is 1. The molecule has 3 unspecified atom stereocenters. The van der Waals surface area contributed by atoms with Crippen molar-refractivity contribution in [1.29, 1.82) is 0 Å². The fraction of sp³-hybridized carbons (Fsp3) is 0.750. The lowest BCUT2D eigenvalue weighted by atomic mass is 10.0. The molecule has 82 heavy (non-hydrogen) atoms. The van der Waals surface area contributed by atoms with E-state index in [0.29, 0.717) is 17.4 Å². The Bertz CT molecular complexity index is 1720. The van der Waals surface area contributed by atoms with E-state index in [1.807, 2.05) is 33.3 Å². The van der Waals surface area contributed by atoms with Crippen molar-refractivity contribution in [3.63, 3.8) is 0 Å². The Hall–Kier alpha value is -3.07. The highest BCUT2D eigenvalue weighted by molar-refractivity contribution is 7.47. The van der Waals surface area contributed by atoms with Gasteiger partial charge in [0.1, 0.15) is 19.3 Å². The predicted molar refractivity (Wildman–Crippen MR) is 355 cm³/mol. The molecule has 0 aromatic heterocycles. The zero-order valence-corrected chi connectivity index (χ0v) is 55.1. The molecule has 0 saturated heterocycles. The molecule has 0 aliphatic rings. The van der Waals surface area contributed by atoms with Gasteiger partial charge in [0, 0.05) is 12.8 Å². The number of hydrogen-bond acceptors (Lipinski definition) is 6. The highest BCUT2D eigenvalue weighted by Crippen LogP contribution is 2.43. The number of amides is 1. The number of hydrogen-bond donors (Lipinski definition) is 2. The molecule has 1 amide bonds. The second-order valence-corrected chi connectivity index (χ2v) is 25.4. The second kappa shape index (κ2) is 61.0. The largest absolute Gasteiger partial charge is 0.472 e. The Morgan fingerprint density at radius 3 is 1.18 bits per heavy atom. The number of phosphoric ester groups is 1. The van der Waals surface area contributed by atoms with E-state index in [-0.39, 0.29) is 31.5 Å². The van der Waals surface area contributed by atoms with Crippen molar-refractivity contribution in [1.82, 2.24) is 5.32 Å². The van der Waals surface area contributed by atoms with E-state index in [1.54, 1.807) is 0 Å². The Morgan fingerprint density at radius 2 is 0.780 bits per heavy atom. The molecular formula is C72H130N2O7P+. The van der Waals surface area contributed by atoms with Gasteiger partial charge in [0.2, 0.25) is 5.91 Å². The van der Waals surface area contributed by atoms with Gasteiger partial charge in [0.05, 0.1) is 33.8 Å². The number of phosphoric acid groups is 1. The van der Waals surface area contributed by atoms with Crippen molar-refractivity contribution < 1.29 is 37.3 Å². The maximum atomic E-state index is 13.6. The molecule has 0 rings (SSSR count). The minimum atomic E-state index is -4.46. The number of nitrogens with zero attached hydrogens (tertiary/aromatic N) is 1. The minimum absolute atomic E-state index is 0.0346. The number of likely N-dealkylation sites (N-methyl/N-ethyl adjacent to an activating group) is 1. The molecule has 0 heterocycles. The van der Waals surface area contributed by atoms with E-state index >= 15 is 0 Å². The van der Waals surface area contributed by atoms with Crippen LogP contribution in [0.1, 0.15) is 297 Å². The molecule has 0 aliphatic carbocycles. The second-order valence-electron chi connectivity index (χ2n) is 24.0. The Kier molecular flexibility index (Phi) is 58.7. The summed E-state index contributed by atoms with van der Waals surface area (Å²) >= 11 is 0. The van der Waals surface area contributed by atoms with Crippen LogP contribution in [0.5, 0.6) is 0 Å². The van der Waals surface area contributed by atoms with Crippen molar-refractivity contribution >= 4 is 19.7 Å². The van der Waals surface area contributed by atoms with E-state index in [4.69, 9.17) is 13.8 Å². The third-order valence-corrected chi connectivity index (χ3v) is 15.7. The molecule has 3 atom stereocenters. The van der Waals surface area contributed by atoms with Gasteiger partial charge in [-0.05, 0) is 109 Å². The molecule has 0 bridgehead atoms. The number of esters is 1. The van der Waals surface area contributed by atoms with Crippen molar-refractivity contribution in [2.45, 2.75) is 309 Å². The molecule has 0 aliphatic heterocycles. The molecule has 474 valence electrons. The Balaban J connectivity index is 5.12. The van der Waals surface area contributed by atoms with Gasteiger partial charge in [-0.3, -0.25) is 18.6 Å². The van der Waals surface area contributed by atoms with Gasteiger partial charge in [-0.15, -0.1) is 0 Å². The third kappa shape index (κ3) is 61.5. The Morgan fingerprint density at radius 1 is 0.439 bits per heavy atom. The molecule has 0 radical (unpaired) electrons. The average Bonchev–Trinajstić information content (AvgIpc) is 3.44. The van der Waals surface area contributed by atoms with Gasteiger partial charge in [0.25, 0.3) is 0 Å². The average molecular weight is 1170 g/mol. The van der Waals surface area contributed by atoms with Crippen LogP contribution in [0.3, 0.4) is 0 Å². The number of allylic oxidation sites excluding steroid dienone is 15. The number of rotatable bonds is 61. The molecule has 0 fully saturated rings. The van der Waals surface area contributed by atoms with Crippen molar-refractivity contribution in [2.75, 3.05) is 40.9 Å². The molecular weight excluding hydrogens is 1040 g/mol. The lowest BCUT2D eigenvalue weighted by molar-refractivity contribution is -0.870. The van der Waals surface area contributed by atoms with Crippen LogP contribution in [0.15, 0.2) is 97.2 Å². The van der Waals surface area contributed by atoms with Gasteiger partial charge < -0.3 is 19.4 Å². The smallest absolute Gasteiger partial charge is 0.456 e. The van der Waals surface area contributed by atoms with E-state index < -0.39 is 20.0 Å². The summed E-state index contributed by atoms with van der Waals surface area (Å²) in [5.41, 5.74) is 0. The van der Waals surface area contributed by atoms with Crippen LogP contribution in [0, 0.1) is 0 Å². The first kappa shape index (κ1) is 78.9. The van der Waals surface area contributed by atoms with Crippen molar-refractivity contribution in [3.8, 4) is 0 Å². The molecule has 0 aromatic rings. The zero-order chi connectivity index (χ0) is 60.0. The number of quaternary nitrogens is 1. The SMILES string of the molecule is CC/C=C\C/C=C\C/C=C\C/C=C\C/C=C\C/C=C\CCCCCCCCCCC(=O)OC(/C=C\CCCCCCCCCCCC)C(COP(=O)(O)OCC[N+](C)(C)C)NC(=O)CCCCCCCCC/C=C/CCCCCCCC. The highest BCUT2D eigenvalue weighted by Gasteiger charge is 2.30. The molecule has 0 saturated carbocycles. The summed E-state index contributed by atoms with van der Waals surface area (Å²) in [6, 6.07) is -0.859. The lowest BCUT2D eigenvalue weighted by Gasteiger charge is -2.27. The van der Waals surface area contributed by atoms with Gasteiger partial charge >= 0.3 is 13.8 Å². The lowest BCUT2D eigenvalue weighted by Crippen LogP contribution is -2.47. The van der Waals surface area contributed by atoms with Gasteiger partial charge in [-0.1, -0.05) is 272 Å². The fourth-order valence-corrected chi connectivity index (χ4v) is 10.3. The molecule has 0 spiro atoms. The quantitative estimate of drug-likeness (QED) is 0.0205. The summed E-state index contributed by atoms with van der Waals surface area (Å²) in [5, 5.41) is 3.06. The molecule has 9 nitrogen and oxygen atoms in total. The number of unbranched alkanes of at least 4 members (excludes halogenated alkanes) is 31. The van der Waals surface area contributed by atoms with Gasteiger partial charge in [-0.2, -0.15) is 0 Å². The monoisotopic (exact) mass is 1170 g/mol. The van der Waals surface area contributed by atoms with Crippen LogP contribution < -0.4 is 5.32 Å². The molecule has 0 aromatic carbocycles. The summed E-state index contributed by atoms with van der Waals surface area (Å²) in [5.74, 6) is -0.518. The first-order valence-electron chi connectivity index (χ1n) is 34.1. The zero-order valence-electron chi connectivity index (χ0n) is 54.2. The summed E-state index contributed by atoms with van der Waals surface area (Å²) < 4.78 is 30.8. The summed E-state index contributed by atoms with van der Waals surface area (Å²) in [4.78, 5) is 37.8.